The number of aromatic nitrogens is 2. The summed E-state index contributed by atoms with van der Waals surface area (Å²) in [6.45, 7) is 4.91. The summed E-state index contributed by atoms with van der Waals surface area (Å²) in [5, 5.41) is 0.510. The highest BCUT2D eigenvalue weighted by molar-refractivity contribution is 6.31. The summed E-state index contributed by atoms with van der Waals surface area (Å²) in [6, 6.07) is 6.89. The SMILES string of the molecule is C=CC(=O)N1CCOCC1c1cc(Cl)cc(-c2ccnc(C=O)n2)c1. The van der Waals surface area contributed by atoms with Gasteiger partial charge in [0, 0.05) is 23.3 Å². The minimum atomic E-state index is -0.260. The van der Waals surface area contributed by atoms with E-state index in [4.69, 9.17) is 16.3 Å². The van der Waals surface area contributed by atoms with E-state index in [1.54, 1.807) is 23.1 Å². The van der Waals surface area contributed by atoms with E-state index in [0.29, 0.717) is 36.8 Å². The lowest BCUT2D eigenvalue weighted by atomic mass is 10.0. The first kappa shape index (κ1) is 17.3. The molecule has 0 saturated carbocycles. The van der Waals surface area contributed by atoms with Gasteiger partial charge >= 0.3 is 0 Å². The molecule has 25 heavy (non-hydrogen) atoms. The molecule has 2 aromatic rings. The number of hydrogen-bond acceptors (Lipinski definition) is 5. The first-order chi connectivity index (χ1) is 12.1. The van der Waals surface area contributed by atoms with Crippen molar-refractivity contribution in [1.82, 2.24) is 14.9 Å². The molecule has 1 aliphatic rings. The number of carbonyl (C=O) groups is 2. The minimum absolute atomic E-state index is 0.100. The van der Waals surface area contributed by atoms with Crippen molar-refractivity contribution in [1.29, 1.82) is 0 Å². The van der Waals surface area contributed by atoms with Crippen LogP contribution in [0.2, 0.25) is 5.02 Å². The van der Waals surface area contributed by atoms with Gasteiger partial charge in [-0.2, -0.15) is 0 Å². The average molecular weight is 358 g/mol. The fourth-order valence-corrected chi connectivity index (χ4v) is 3.05. The smallest absolute Gasteiger partial charge is 0.246 e. The summed E-state index contributed by atoms with van der Waals surface area (Å²) in [4.78, 5) is 32.8. The first-order valence-electron chi connectivity index (χ1n) is 7.72. The second kappa shape index (κ2) is 7.55. The number of ether oxygens (including phenoxy) is 1. The summed E-state index contributed by atoms with van der Waals surface area (Å²) in [5.41, 5.74) is 2.16. The molecule has 6 nitrogen and oxygen atoms in total. The van der Waals surface area contributed by atoms with Gasteiger partial charge in [-0.25, -0.2) is 9.97 Å². The van der Waals surface area contributed by atoms with Crippen LogP contribution in [0.4, 0.5) is 0 Å². The zero-order chi connectivity index (χ0) is 17.8. The van der Waals surface area contributed by atoms with Crippen molar-refractivity contribution in [3.05, 3.63) is 59.5 Å². The van der Waals surface area contributed by atoms with Crippen LogP contribution in [0, 0.1) is 0 Å². The van der Waals surface area contributed by atoms with E-state index in [1.807, 2.05) is 6.07 Å². The maximum Gasteiger partial charge on any atom is 0.246 e. The highest BCUT2D eigenvalue weighted by Gasteiger charge is 2.28. The van der Waals surface area contributed by atoms with Gasteiger partial charge in [0.05, 0.1) is 24.9 Å². The Balaban J connectivity index is 2.02. The Bertz CT molecular complexity index is 825. The fourth-order valence-electron chi connectivity index (χ4n) is 2.80. The number of hydrogen-bond donors (Lipinski definition) is 0. The number of benzene rings is 1. The van der Waals surface area contributed by atoms with Crippen molar-refractivity contribution >= 4 is 23.8 Å². The molecule has 7 heteroatoms. The summed E-state index contributed by atoms with van der Waals surface area (Å²) in [7, 11) is 0. The fraction of sp³-hybridized carbons (Fsp3) is 0.222. The Hall–Kier alpha value is -2.57. The van der Waals surface area contributed by atoms with Gasteiger partial charge < -0.3 is 9.64 Å². The average Bonchev–Trinajstić information content (AvgIpc) is 2.67. The molecule has 0 radical (unpaired) electrons. The van der Waals surface area contributed by atoms with E-state index in [1.165, 1.54) is 12.3 Å². The minimum Gasteiger partial charge on any atom is -0.377 e. The number of halogens is 1. The summed E-state index contributed by atoms with van der Waals surface area (Å²) >= 11 is 6.28. The normalized spacial score (nSPS) is 17.2. The summed E-state index contributed by atoms with van der Waals surface area (Å²) in [5.74, 6) is -0.0522. The van der Waals surface area contributed by atoms with E-state index >= 15 is 0 Å². The molecule has 0 N–H and O–H groups in total. The predicted molar refractivity (Wildman–Crippen MR) is 93.3 cm³/mol. The van der Waals surface area contributed by atoms with E-state index in [2.05, 4.69) is 16.5 Å². The van der Waals surface area contributed by atoms with Crippen molar-refractivity contribution in [2.75, 3.05) is 19.8 Å². The third kappa shape index (κ3) is 3.75. The topological polar surface area (TPSA) is 72.4 Å². The summed E-state index contributed by atoms with van der Waals surface area (Å²) in [6.07, 6.45) is 3.41. The van der Waals surface area contributed by atoms with Gasteiger partial charge in [0.25, 0.3) is 0 Å². The number of amides is 1. The third-order valence-electron chi connectivity index (χ3n) is 3.97. The highest BCUT2D eigenvalue weighted by Crippen LogP contribution is 2.31. The molecule has 1 unspecified atom stereocenters. The van der Waals surface area contributed by atoms with Crippen LogP contribution in [0.5, 0.6) is 0 Å². The van der Waals surface area contributed by atoms with Crippen molar-refractivity contribution in [3.8, 4) is 11.3 Å². The predicted octanol–water partition coefficient (Wildman–Crippen LogP) is 2.70. The Labute approximate surface area is 150 Å². The molecule has 1 saturated heterocycles. The van der Waals surface area contributed by atoms with Crippen molar-refractivity contribution in [2.24, 2.45) is 0 Å². The highest BCUT2D eigenvalue weighted by atomic mass is 35.5. The molecular weight excluding hydrogens is 342 g/mol. The van der Waals surface area contributed by atoms with E-state index in [-0.39, 0.29) is 17.8 Å². The van der Waals surface area contributed by atoms with Gasteiger partial charge in [0.1, 0.15) is 0 Å². The number of carbonyl (C=O) groups excluding carboxylic acids is 2. The van der Waals surface area contributed by atoms with Crippen molar-refractivity contribution in [3.63, 3.8) is 0 Å². The molecule has 1 aromatic carbocycles. The van der Waals surface area contributed by atoms with Crippen molar-refractivity contribution in [2.45, 2.75) is 6.04 Å². The zero-order valence-electron chi connectivity index (χ0n) is 13.4. The molecule has 3 rings (SSSR count). The monoisotopic (exact) mass is 357 g/mol. The molecule has 0 spiro atoms. The van der Waals surface area contributed by atoms with Gasteiger partial charge in [0.15, 0.2) is 12.1 Å². The van der Waals surface area contributed by atoms with E-state index < -0.39 is 0 Å². The standard InChI is InChI=1S/C18H16ClN3O3/c1-2-18(24)22-5-6-25-11-16(22)13-7-12(8-14(19)9-13)15-3-4-20-17(10-23)21-15/h2-4,7-10,16H,1,5-6,11H2. The van der Waals surface area contributed by atoms with Crippen LogP contribution in [-0.4, -0.2) is 46.8 Å². The molecule has 1 atom stereocenters. The van der Waals surface area contributed by atoms with Crippen LogP contribution in [0.25, 0.3) is 11.3 Å². The number of aldehydes is 1. The van der Waals surface area contributed by atoms with Gasteiger partial charge in [-0.05, 0) is 35.9 Å². The lowest BCUT2D eigenvalue weighted by Gasteiger charge is -2.35. The molecule has 1 aliphatic heterocycles. The van der Waals surface area contributed by atoms with Crippen LogP contribution in [0.15, 0.2) is 43.1 Å². The maximum atomic E-state index is 12.1. The van der Waals surface area contributed by atoms with E-state index in [0.717, 1.165) is 11.1 Å². The van der Waals surface area contributed by atoms with Crippen molar-refractivity contribution < 1.29 is 14.3 Å². The van der Waals surface area contributed by atoms with Gasteiger partial charge in [-0.1, -0.05) is 18.2 Å². The van der Waals surface area contributed by atoms with Gasteiger partial charge in [-0.15, -0.1) is 0 Å². The largest absolute Gasteiger partial charge is 0.377 e. The van der Waals surface area contributed by atoms with Crippen LogP contribution < -0.4 is 0 Å². The van der Waals surface area contributed by atoms with Crippen LogP contribution in [-0.2, 0) is 9.53 Å². The second-order valence-corrected chi connectivity index (χ2v) is 5.95. The molecule has 0 aliphatic carbocycles. The molecule has 1 fully saturated rings. The number of morpholine rings is 1. The molecular formula is C18H16ClN3O3. The Morgan fingerprint density at radius 3 is 3.00 bits per heavy atom. The van der Waals surface area contributed by atoms with Crippen LogP contribution in [0.1, 0.15) is 22.2 Å². The molecule has 0 bridgehead atoms. The molecule has 2 heterocycles. The molecule has 1 amide bonds. The first-order valence-corrected chi connectivity index (χ1v) is 8.10. The van der Waals surface area contributed by atoms with Crippen LogP contribution in [0.3, 0.4) is 0 Å². The lowest BCUT2D eigenvalue weighted by Crippen LogP contribution is -2.42. The Kier molecular flexibility index (Phi) is 5.21. The maximum absolute atomic E-state index is 12.1. The number of rotatable bonds is 4. The Morgan fingerprint density at radius 1 is 1.40 bits per heavy atom. The van der Waals surface area contributed by atoms with Crippen LogP contribution >= 0.6 is 11.6 Å². The zero-order valence-corrected chi connectivity index (χ0v) is 14.1. The van der Waals surface area contributed by atoms with Gasteiger partial charge in [0.2, 0.25) is 5.91 Å². The molecule has 128 valence electrons. The quantitative estimate of drug-likeness (QED) is 0.621. The number of nitrogens with zero attached hydrogens (tertiary/aromatic N) is 3. The molecule has 1 aromatic heterocycles. The summed E-state index contributed by atoms with van der Waals surface area (Å²) < 4.78 is 5.54. The third-order valence-corrected chi connectivity index (χ3v) is 4.18. The van der Waals surface area contributed by atoms with E-state index in [9.17, 15) is 9.59 Å². The second-order valence-electron chi connectivity index (χ2n) is 5.52. The Morgan fingerprint density at radius 2 is 2.24 bits per heavy atom. The lowest BCUT2D eigenvalue weighted by molar-refractivity contribution is -0.134. The van der Waals surface area contributed by atoms with Gasteiger partial charge in [-0.3, -0.25) is 9.59 Å².